The summed E-state index contributed by atoms with van der Waals surface area (Å²) in [4.78, 5) is 24.6. The monoisotopic (exact) mass is 364 g/mol. The lowest BCUT2D eigenvalue weighted by atomic mass is 10.1. The highest BCUT2D eigenvalue weighted by Gasteiger charge is 2.24. The van der Waals surface area contributed by atoms with Crippen LogP contribution in [0.2, 0.25) is 0 Å². The second kappa shape index (κ2) is 7.73. The molecular weight excluding hydrogens is 343 g/mol. The molecule has 7 nitrogen and oxygen atoms in total. The maximum Gasteiger partial charge on any atom is 0.317 e. The van der Waals surface area contributed by atoms with Gasteiger partial charge in [0.1, 0.15) is 11.6 Å². The van der Waals surface area contributed by atoms with Gasteiger partial charge in [0, 0.05) is 50.3 Å². The summed E-state index contributed by atoms with van der Waals surface area (Å²) in [5.41, 5.74) is 0.646. The van der Waals surface area contributed by atoms with Crippen molar-refractivity contribution in [3.63, 3.8) is 0 Å². The number of hydrogen-bond acceptors (Lipinski definition) is 6. The molecule has 134 valence electrons. The Morgan fingerprint density at radius 2 is 2.12 bits per heavy atom. The van der Waals surface area contributed by atoms with Gasteiger partial charge in [-0.15, -0.1) is 0 Å². The number of amides is 2. The molecule has 1 N–H and O–H groups in total. The minimum atomic E-state index is -0.407. The average Bonchev–Trinajstić information content (AvgIpc) is 3.11. The van der Waals surface area contributed by atoms with Crippen LogP contribution < -0.4 is 10.2 Å². The van der Waals surface area contributed by atoms with Gasteiger partial charge >= 0.3 is 6.03 Å². The maximum absolute atomic E-state index is 13.3. The first-order chi connectivity index (χ1) is 12.1. The Morgan fingerprint density at radius 1 is 1.36 bits per heavy atom. The molecule has 0 aliphatic carbocycles. The third kappa shape index (κ3) is 4.22. The number of aromatic nitrogens is 3. The zero-order chi connectivity index (χ0) is 17.8. The molecule has 2 aromatic rings. The molecule has 9 heteroatoms. The van der Waals surface area contributed by atoms with Crippen molar-refractivity contribution in [1.29, 1.82) is 0 Å². The number of nitrogens with one attached hydrogen (secondary N) is 1. The Balaban J connectivity index is 1.52. The number of carbonyl (C=O) groups is 1. The molecule has 2 amide bonds. The van der Waals surface area contributed by atoms with Gasteiger partial charge in [-0.1, -0.05) is 6.92 Å². The van der Waals surface area contributed by atoms with Crippen LogP contribution in [0, 0.1) is 5.82 Å². The Labute approximate surface area is 150 Å². The molecule has 1 saturated heterocycles. The highest BCUT2D eigenvalue weighted by Crippen LogP contribution is 2.19. The fourth-order valence-electron chi connectivity index (χ4n) is 2.64. The predicted octanol–water partition coefficient (Wildman–Crippen LogP) is 2.23. The molecule has 0 radical (unpaired) electrons. The quantitative estimate of drug-likeness (QED) is 0.900. The Kier molecular flexibility index (Phi) is 5.42. The summed E-state index contributed by atoms with van der Waals surface area (Å²) in [5, 5.41) is 3.81. The Hall–Kier alpha value is -2.29. The number of anilines is 1. The van der Waals surface area contributed by atoms with Crippen LogP contribution in [0.5, 0.6) is 0 Å². The largest absolute Gasteiger partial charge is 0.343 e. The summed E-state index contributed by atoms with van der Waals surface area (Å²) < 4.78 is 17.6. The highest BCUT2D eigenvalue weighted by atomic mass is 32.1. The number of pyridine rings is 1. The molecule has 3 heterocycles. The summed E-state index contributed by atoms with van der Waals surface area (Å²) in [6.45, 7) is 6.52. The lowest BCUT2D eigenvalue weighted by Crippen LogP contribution is -2.52. The molecule has 25 heavy (non-hydrogen) atoms. The number of hydrogen-bond donors (Lipinski definition) is 1. The van der Waals surface area contributed by atoms with Crippen molar-refractivity contribution in [2.45, 2.75) is 26.3 Å². The summed E-state index contributed by atoms with van der Waals surface area (Å²) in [7, 11) is 0. The maximum atomic E-state index is 13.3. The topological polar surface area (TPSA) is 74.2 Å². The van der Waals surface area contributed by atoms with Gasteiger partial charge in [-0.3, -0.25) is 4.98 Å². The molecule has 0 aromatic carbocycles. The van der Waals surface area contributed by atoms with Crippen LogP contribution in [0.1, 0.15) is 31.3 Å². The molecule has 1 fully saturated rings. The second-order valence-electron chi connectivity index (χ2n) is 5.93. The Morgan fingerprint density at radius 3 is 2.76 bits per heavy atom. The van der Waals surface area contributed by atoms with E-state index in [9.17, 15) is 9.18 Å². The zero-order valence-electron chi connectivity index (χ0n) is 14.3. The van der Waals surface area contributed by atoms with Crippen LogP contribution in [-0.2, 0) is 6.42 Å². The average molecular weight is 364 g/mol. The number of carbonyl (C=O) groups excluding carboxylic acids is 1. The number of rotatable bonds is 4. The van der Waals surface area contributed by atoms with Crippen LogP contribution in [0.15, 0.2) is 18.5 Å². The molecular formula is C16H21FN6OS. The smallest absolute Gasteiger partial charge is 0.317 e. The molecule has 0 bridgehead atoms. The fraction of sp³-hybridized carbons (Fsp3) is 0.500. The fourth-order valence-corrected chi connectivity index (χ4v) is 3.44. The van der Waals surface area contributed by atoms with E-state index in [0.717, 1.165) is 36.7 Å². The van der Waals surface area contributed by atoms with Crippen molar-refractivity contribution in [3.8, 4) is 0 Å². The number of nitrogens with zero attached hydrogens (tertiary/aromatic N) is 5. The predicted molar refractivity (Wildman–Crippen MR) is 94.2 cm³/mol. The van der Waals surface area contributed by atoms with Gasteiger partial charge in [0.05, 0.1) is 12.2 Å². The van der Waals surface area contributed by atoms with Crippen molar-refractivity contribution in [2.24, 2.45) is 0 Å². The van der Waals surface area contributed by atoms with E-state index in [1.807, 2.05) is 13.8 Å². The van der Waals surface area contributed by atoms with Crippen molar-refractivity contribution in [1.82, 2.24) is 24.6 Å². The number of halogens is 1. The molecule has 1 unspecified atom stereocenters. The van der Waals surface area contributed by atoms with Crippen molar-refractivity contribution >= 4 is 22.7 Å². The first-order valence-electron chi connectivity index (χ1n) is 8.30. The first kappa shape index (κ1) is 17.5. The molecule has 0 spiro atoms. The van der Waals surface area contributed by atoms with Crippen LogP contribution in [0.25, 0.3) is 0 Å². The summed E-state index contributed by atoms with van der Waals surface area (Å²) in [6.07, 6.45) is 3.53. The lowest BCUT2D eigenvalue weighted by Gasteiger charge is -2.34. The van der Waals surface area contributed by atoms with Crippen molar-refractivity contribution < 1.29 is 9.18 Å². The van der Waals surface area contributed by atoms with Gasteiger partial charge in [0.2, 0.25) is 5.13 Å². The minimum Gasteiger partial charge on any atom is -0.343 e. The van der Waals surface area contributed by atoms with E-state index in [4.69, 9.17) is 0 Å². The lowest BCUT2D eigenvalue weighted by molar-refractivity contribution is 0.191. The number of aryl methyl sites for hydroxylation is 1. The molecule has 1 aliphatic rings. The number of piperazine rings is 1. The van der Waals surface area contributed by atoms with Crippen molar-refractivity contribution in [3.05, 3.63) is 35.7 Å². The van der Waals surface area contributed by atoms with Crippen LogP contribution >= 0.6 is 11.5 Å². The van der Waals surface area contributed by atoms with E-state index in [0.29, 0.717) is 18.7 Å². The molecule has 3 rings (SSSR count). The van der Waals surface area contributed by atoms with E-state index >= 15 is 0 Å². The third-order valence-corrected chi connectivity index (χ3v) is 4.99. The molecule has 0 saturated carbocycles. The Bertz CT molecular complexity index is 731. The minimum absolute atomic E-state index is 0.150. The first-order valence-corrected chi connectivity index (χ1v) is 9.07. The van der Waals surface area contributed by atoms with E-state index in [2.05, 4.69) is 24.6 Å². The van der Waals surface area contributed by atoms with Crippen LogP contribution in [0.4, 0.5) is 14.3 Å². The standard InChI is InChI=1S/C16H21FN6OS/c1-3-14-20-16(25-21-14)23-6-4-22(5-7-23)15(24)19-11(2)12-8-13(17)10-18-9-12/h8-11H,3-7H2,1-2H3,(H,19,24). The van der Waals surface area contributed by atoms with Crippen LogP contribution in [0.3, 0.4) is 0 Å². The SMILES string of the molecule is CCc1nsc(N2CCN(C(=O)NC(C)c3cncc(F)c3)CC2)n1. The van der Waals surface area contributed by atoms with Crippen molar-refractivity contribution in [2.75, 3.05) is 31.1 Å². The third-order valence-electron chi connectivity index (χ3n) is 4.18. The van der Waals surface area contributed by atoms with Gasteiger partial charge in [0.15, 0.2) is 0 Å². The van der Waals surface area contributed by atoms with Crippen LogP contribution in [-0.4, -0.2) is 51.5 Å². The van der Waals surface area contributed by atoms with E-state index in [1.54, 1.807) is 11.1 Å². The van der Waals surface area contributed by atoms with Gasteiger partial charge in [-0.05, 0) is 18.6 Å². The zero-order valence-corrected chi connectivity index (χ0v) is 15.1. The summed E-state index contributed by atoms with van der Waals surface area (Å²) >= 11 is 1.40. The second-order valence-corrected chi connectivity index (χ2v) is 6.66. The van der Waals surface area contributed by atoms with E-state index in [1.165, 1.54) is 17.6 Å². The van der Waals surface area contributed by atoms with Gasteiger partial charge in [0.25, 0.3) is 0 Å². The van der Waals surface area contributed by atoms with Gasteiger partial charge < -0.3 is 15.1 Å². The van der Waals surface area contributed by atoms with E-state index < -0.39 is 5.82 Å². The number of urea groups is 1. The highest BCUT2D eigenvalue weighted by molar-refractivity contribution is 7.09. The molecule has 1 atom stereocenters. The summed E-state index contributed by atoms with van der Waals surface area (Å²) in [5.74, 6) is 0.452. The molecule has 1 aliphatic heterocycles. The van der Waals surface area contributed by atoms with Gasteiger partial charge in [-0.25, -0.2) is 14.2 Å². The molecule has 2 aromatic heterocycles. The normalized spacial score (nSPS) is 16.0. The van der Waals surface area contributed by atoms with Gasteiger partial charge in [-0.2, -0.15) is 4.37 Å². The summed E-state index contributed by atoms with van der Waals surface area (Å²) in [6, 6.07) is 0.934. The van der Waals surface area contributed by atoms with E-state index in [-0.39, 0.29) is 12.1 Å².